The highest BCUT2D eigenvalue weighted by Crippen LogP contribution is 2.18. The highest BCUT2D eigenvalue weighted by atomic mass is 32.1. The molecule has 1 heterocycles. The fraction of sp³-hybridized carbons (Fsp3) is 0.200. The van der Waals surface area contributed by atoms with Crippen LogP contribution in [0.2, 0.25) is 0 Å². The lowest BCUT2D eigenvalue weighted by Gasteiger charge is -1.94. The average Bonchev–Trinajstić information content (AvgIpc) is 2.62. The van der Waals surface area contributed by atoms with Gasteiger partial charge in [0.25, 0.3) is 0 Å². The van der Waals surface area contributed by atoms with Gasteiger partial charge in [0.15, 0.2) is 0 Å². The number of thiophene rings is 1. The molecule has 0 saturated carbocycles. The Kier molecular flexibility index (Phi) is 4.13. The molecule has 2 N–H and O–H groups in total. The van der Waals surface area contributed by atoms with Gasteiger partial charge in [-0.2, -0.15) is 0 Å². The summed E-state index contributed by atoms with van der Waals surface area (Å²) in [7, 11) is -1.36. The summed E-state index contributed by atoms with van der Waals surface area (Å²) in [5.74, 6) is 0. The lowest BCUT2D eigenvalue weighted by atomic mass is 9.90. The van der Waals surface area contributed by atoms with Gasteiger partial charge in [0.2, 0.25) is 0 Å². The third-order valence-electron chi connectivity index (χ3n) is 1.81. The molecule has 0 spiro atoms. The van der Waals surface area contributed by atoms with Gasteiger partial charge in [-0.25, -0.2) is 0 Å². The molecule has 14 heavy (non-hydrogen) atoms. The molecule has 0 amide bonds. The molecule has 1 rings (SSSR count). The Labute approximate surface area is 88.4 Å². The Bertz CT molecular complexity index is 353. The maximum atomic E-state index is 8.93. The van der Waals surface area contributed by atoms with E-state index in [1.54, 1.807) is 6.07 Å². The van der Waals surface area contributed by atoms with Gasteiger partial charge in [-0.15, -0.1) is 11.3 Å². The highest BCUT2D eigenvalue weighted by molar-refractivity contribution is 7.22. The largest absolute Gasteiger partial charge is 0.499 e. The summed E-state index contributed by atoms with van der Waals surface area (Å²) in [5.41, 5.74) is 1.13. The van der Waals surface area contributed by atoms with Crippen LogP contribution in [0.1, 0.15) is 18.7 Å². The fourth-order valence-electron chi connectivity index (χ4n) is 1.03. The quantitative estimate of drug-likeness (QED) is 0.582. The van der Waals surface area contributed by atoms with Crippen molar-refractivity contribution in [3.8, 4) is 0 Å². The van der Waals surface area contributed by atoms with E-state index in [1.807, 2.05) is 38.1 Å². The molecule has 2 nitrogen and oxygen atoms in total. The Balaban J connectivity index is 2.86. The van der Waals surface area contributed by atoms with Crippen LogP contribution in [0.4, 0.5) is 0 Å². The van der Waals surface area contributed by atoms with Crippen LogP contribution in [-0.2, 0) is 0 Å². The molecule has 0 aromatic carbocycles. The zero-order valence-electron chi connectivity index (χ0n) is 8.27. The summed E-state index contributed by atoms with van der Waals surface area (Å²) in [6.07, 6.45) is 5.92. The molecule has 0 aliphatic heterocycles. The Morgan fingerprint density at radius 2 is 2.14 bits per heavy atom. The molecule has 1 aromatic heterocycles. The van der Waals surface area contributed by atoms with Crippen LogP contribution in [0.5, 0.6) is 0 Å². The van der Waals surface area contributed by atoms with Crippen molar-refractivity contribution in [2.24, 2.45) is 0 Å². The molecule has 0 unspecified atom stereocenters. The summed E-state index contributed by atoms with van der Waals surface area (Å²) in [6, 6.07) is 3.63. The van der Waals surface area contributed by atoms with Crippen molar-refractivity contribution >= 4 is 28.8 Å². The molecule has 0 aliphatic rings. The zero-order chi connectivity index (χ0) is 10.6. The van der Waals surface area contributed by atoms with Gasteiger partial charge in [0.1, 0.15) is 0 Å². The Morgan fingerprint density at radius 3 is 2.64 bits per heavy atom. The molecule has 0 radical (unpaired) electrons. The summed E-state index contributed by atoms with van der Waals surface area (Å²) in [6.45, 7) is 3.96. The third-order valence-corrected chi connectivity index (χ3v) is 3.07. The van der Waals surface area contributed by atoms with E-state index in [-0.39, 0.29) is 0 Å². The van der Waals surface area contributed by atoms with Crippen LogP contribution in [0.3, 0.4) is 0 Å². The molecule has 74 valence electrons. The average molecular weight is 208 g/mol. The highest BCUT2D eigenvalue weighted by Gasteiger charge is 2.13. The van der Waals surface area contributed by atoms with Crippen molar-refractivity contribution in [3.05, 3.63) is 35.2 Å². The van der Waals surface area contributed by atoms with Crippen molar-refractivity contribution in [3.63, 3.8) is 0 Å². The summed E-state index contributed by atoms with van der Waals surface area (Å²) in [4.78, 5) is 1.06. The first-order valence-corrected chi connectivity index (χ1v) is 5.22. The van der Waals surface area contributed by atoms with Crippen molar-refractivity contribution in [2.45, 2.75) is 13.8 Å². The van der Waals surface area contributed by atoms with Crippen LogP contribution in [0.15, 0.2) is 30.4 Å². The molecule has 0 saturated heterocycles. The molecule has 1 aromatic rings. The van der Waals surface area contributed by atoms with Gasteiger partial charge in [0.05, 0.1) is 0 Å². The number of hydrogen-bond acceptors (Lipinski definition) is 3. The van der Waals surface area contributed by atoms with E-state index in [1.165, 1.54) is 11.3 Å². The third kappa shape index (κ3) is 2.84. The molecule has 0 atom stereocenters. The summed E-state index contributed by atoms with van der Waals surface area (Å²) >= 11 is 1.40. The molecule has 0 bridgehead atoms. The first kappa shape index (κ1) is 11.2. The van der Waals surface area contributed by atoms with E-state index in [0.717, 1.165) is 10.5 Å². The van der Waals surface area contributed by atoms with Crippen molar-refractivity contribution in [1.29, 1.82) is 0 Å². The summed E-state index contributed by atoms with van der Waals surface area (Å²) in [5, 5.41) is 17.9. The molecule has 0 fully saturated rings. The van der Waals surface area contributed by atoms with Crippen LogP contribution < -0.4 is 4.78 Å². The van der Waals surface area contributed by atoms with Crippen LogP contribution in [0.25, 0.3) is 5.57 Å². The molecule has 0 aliphatic carbocycles. The second-order valence-electron chi connectivity index (χ2n) is 2.95. The van der Waals surface area contributed by atoms with Gasteiger partial charge in [-0.05, 0) is 25.5 Å². The second-order valence-corrected chi connectivity index (χ2v) is 4.07. The van der Waals surface area contributed by atoms with E-state index in [0.29, 0.717) is 4.78 Å². The normalized spacial score (nSPS) is 12.4. The van der Waals surface area contributed by atoms with Gasteiger partial charge < -0.3 is 10.0 Å². The van der Waals surface area contributed by atoms with Crippen molar-refractivity contribution in [1.82, 2.24) is 0 Å². The minimum absolute atomic E-state index is 0.577. The van der Waals surface area contributed by atoms with Gasteiger partial charge in [0, 0.05) is 9.65 Å². The number of hydrogen-bond donors (Lipinski definition) is 2. The van der Waals surface area contributed by atoms with E-state index in [9.17, 15) is 0 Å². The van der Waals surface area contributed by atoms with Gasteiger partial charge >= 0.3 is 7.12 Å². The lowest BCUT2D eigenvalue weighted by molar-refractivity contribution is 0.427. The lowest BCUT2D eigenvalue weighted by Crippen LogP contribution is -2.26. The van der Waals surface area contributed by atoms with E-state index >= 15 is 0 Å². The number of rotatable bonds is 3. The Hall–Kier alpha value is -0.835. The molecular formula is C10H13BO2S. The monoisotopic (exact) mass is 208 g/mol. The second kappa shape index (κ2) is 5.15. The Morgan fingerprint density at radius 1 is 1.43 bits per heavy atom. The van der Waals surface area contributed by atoms with Crippen LogP contribution >= 0.6 is 11.3 Å². The van der Waals surface area contributed by atoms with Crippen LogP contribution in [-0.4, -0.2) is 17.2 Å². The maximum Gasteiger partial charge on any atom is 0.499 e. The van der Waals surface area contributed by atoms with E-state index in [2.05, 4.69) is 0 Å². The molecule has 4 heteroatoms. The minimum atomic E-state index is -1.36. The zero-order valence-corrected chi connectivity index (χ0v) is 9.08. The van der Waals surface area contributed by atoms with E-state index < -0.39 is 7.12 Å². The van der Waals surface area contributed by atoms with Crippen molar-refractivity contribution in [2.75, 3.05) is 0 Å². The topological polar surface area (TPSA) is 40.5 Å². The van der Waals surface area contributed by atoms with Crippen LogP contribution in [0, 0.1) is 0 Å². The smallest absolute Gasteiger partial charge is 0.423 e. The summed E-state index contributed by atoms with van der Waals surface area (Å²) < 4.78 is 0.577. The van der Waals surface area contributed by atoms with Crippen molar-refractivity contribution < 1.29 is 10.0 Å². The number of allylic oxidation sites excluding steroid dienone is 4. The van der Waals surface area contributed by atoms with Gasteiger partial charge in [-0.3, -0.25) is 0 Å². The standard InChI is InChI=1S/C10H13BO2S/c1-3-4-5-8(2)9-6-7-10(14-9)11(12)13/h3-7,12-13H,1-2H3/b4-3-,8-5-. The van der Waals surface area contributed by atoms with E-state index in [4.69, 9.17) is 10.0 Å². The minimum Gasteiger partial charge on any atom is -0.423 e. The SMILES string of the molecule is C/C=C\C=C(\C)c1ccc(B(O)O)s1. The molecular weight excluding hydrogens is 195 g/mol. The predicted octanol–water partition coefficient (Wildman–Crippen LogP) is 1.41. The first-order valence-electron chi connectivity index (χ1n) is 4.41. The fourth-order valence-corrected chi connectivity index (χ4v) is 1.89. The van der Waals surface area contributed by atoms with Gasteiger partial charge in [-0.1, -0.05) is 24.3 Å². The predicted molar refractivity (Wildman–Crippen MR) is 62.6 cm³/mol. The maximum absolute atomic E-state index is 8.93. The first-order chi connectivity index (χ1) is 6.65.